The third-order valence-electron chi connectivity index (χ3n) is 2.52. The molecule has 0 atom stereocenters. The molecule has 2 aromatic rings. The summed E-state index contributed by atoms with van der Waals surface area (Å²) in [5.74, 6) is -0.0172. The summed E-state index contributed by atoms with van der Waals surface area (Å²) >= 11 is 1.65. The summed E-state index contributed by atoms with van der Waals surface area (Å²) in [6.07, 6.45) is 5.06. The van der Waals surface area contributed by atoms with Crippen LogP contribution in [0.3, 0.4) is 0 Å². The molecule has 0 bridgehead atoms. The third-order valence-corrected chi connectivity index (χ3v) is 3.38. The van der Waals surface area contributed by atoms with Crippen LogP contribution >= 0.6 is 11.3 Å². The van der Waals surface area contributed by atoms with Crippen LogP contribution in [0.2, 0.25) is 0 Å². The summed E-state index contributed by atoms with van der Waals surface area (Å²) in [5, 5.41) is 6.03. The fraction of sp³-hybridized carbons (Fsp3) is 0.231. The first-order chi connectivity index (χ1) is 8.70. The van der Waals surface area contributed by atoms with E-state index in [4.69, 9.17) is 0 Å². The fourth-order valence-corrected chi connectivity index (χ4v) is 2.40. The van der Waals surface area contributed by atoms with Crippen molar-refractivity contribution in [2.75, 3.05) is 6.54 Å². The average Bonchev–Trinajstić information content (AvgIpc) is 2.99. The maximum Gasteiger partial charge on any atom is 0.257 e. The van der Waals surface area contributed by atoms with Gasteiger partial charge in [0.15, 0.2) is 0 Å². The zero-order chi connectivity index (χ0) is 13.0. The van der Waals surface area contributed by atoms with E-state index in [1.165, 1.54) is 0 Å². The van der Waals surface area contributed by atoms with Crippen molar-refractivity contribution in [1.82, 2.24) is 14.7 Å². The molecule has 5 heteroatoms. The lowest BCUT2D eigenvalue weighted by molar-refractivity contribution is 0.0764. The molecule has 0 aliphatic carbocycles. The second-order valence-corrected chi connectivity index (χ2v) is 4.99. The molecule has 2 rings (SSSR count). The van der Waals surface area contributed by atoms with Crippen molar-refractivity contribution in [3.63, 3.8) is 0 Å². The molecule has 0 aliphatic rings. The van der Waals surface area contributed by atoms with Gasteiger partial charge in [-0.2, -0.15) is 5.10 Å². The van der Waals surface area contributed by atoms with Crippen molar-refractivity contribution >= 4 is 17.2 Å². The van der Waals surface area contributed by atoms with E-state index < -0.39 is 0 Å². The molecule has 0 spiro atoms. The quantitative estimate of drug-likeness (QED) is 0.775. The summed E-state index contributed by atoms with van der Waals surface area (Å²) in [5.41, 5.74) is 0.607. The van der Waals surface area contributed by atoms with Crippen LogP contribution in [0, 0.1) is 0 Å². The molecule has 0 aromatic carbocycles. The Hall–Kier alpha value is -1.88. The van der Waals surface area contributed by atoms with Gasteiger partial charge in [0.25, 0.3) is 5.91 Å². The van der Waals surface area contributed by atoms with Crippen LogP contribution in [0.4, 0.5) is 0 Å². The molecule has 0 fully saturated rings. The minimum atomic E-state index is -0.0172. The standard InChI is InChI=1S/C13H15N3OS/c1-3-6-16(10-12-5-4-7-18-12)13(17)11-8-14-15(2)9-11/h3-5,7-9H,1,6,10H2,2H3. The first kappa shape index (κ1) is 12.6. The molecule has 2 heterocycles. The second-order valence-electron chi connectivity index (χ2n) is 3.96. The monoisotopic (exact) mass is 261 g/mol. The molecule has 18 heavy (non-hydrogen) atoms. The van der Waals surface area contributed by atoms with E-state index >= 15 is 0 Å². The highest BCUT2D eigenvalue weighted by atomic mass is 32.1. The molecule has 0 saturated heterocycles. The van der Waals surface area contributed by atoms with Crippen molar-refractivity contribution in [1.29, 1.82) is 0 Å². The number of aryl methyl sites for hydroxylation is 1. The number of thiophene rings is 1. The molecule has 0 unspecified atom stereocenters. The Kier molecular flexibility index (Phi) is 3.94. The Morgan fingerprint density at radius 2 is 2.50 bits per heavy atom. The van der Waals surface area contributed by atoms with Gasteiger partial charge in [-0.25, -0.2) is 0 Å². The largest absolute Gasteiger partial charge is 0.330 e. The fourth-order valence-electron chi connectivity index (χ4n) is 1.68. The number of carbonyl (C=O) groups is 1. The molecular formula is C13H15N3OS. The van der Waals surface area contributed by atoms with Crippen molar-refractivity contribution in [3.05, 3.63) is 53.0 Å². The highest BCUT2D eigenvalue weighted by molar-refractivity contribution is 7.09. The predicted octanol–water partition coefficient (Wildman–Crippen LogP) is 2.31. The highest BCUT2D eigenvalue weighted by Crippen LogP contribution is 2.14. The van der Waals surface area contributed by atoms with Gasteiger partial charge < -0.3 is 4.90 Å². The van der Waals surface area contributed by atoms with E-state index in [2.05, 4.69) is 11.7 Å². The Morgan fingerprint density at radius 1 is 1.67 bits per heavy atom. The summed E-state index contributed by atoms with van der Waals surface area (Å²) < 4.78 is 1.63. The van der Waals surface area contributed by atoms with E-state index in [1.54, 1.807) is 46.4 Å². The van der Waals surface area contributed by atoms with Crippen molar-refractivity contribution in [2.24, 2.45) is 7.05 Å². The highest BCUT2D eigenvalue weighted by Gasteiger charge is 2.16. The lowest BCUT2D eigenvalue weighted by Gasteiger charge is -2.19. The molecule has 0 N–H and O–H groups in total. The van der Waals surface area contributed by atoms with Gasteiger partial charge >= 0.3 is 0 Å². The van der Waals surface area contributed by atoms with Gasteiger partial charge in [-0.05, 0) is 11.4 Å². The lowest BCUT2D eigenvalue weighted by atomic mass is 10.3. The Morgan fingerprint density at radius 3 is 3.06 bits per heavy atom. The van der Waals surface area contributed by atoms with Gasteiger partial charge in [-0.1, -0.05) is 12.1 Å². The van der Waals surface area contributed by atoms with Gasteiger partial charge in [0, 0.05) is 24.7 Å². The van der Waals surface area contributed by atoms with Gasteiger partial charge in [0.2, 0.25) is 0 Å². The van der Waals surface area contributed by atoms with Gasteiger partial charge in [-0.15, -0.1) is 17.9 Å². The van der Waals surface area contributed by atoms with E-state index in [1.807, 2.05) is 17.5 Å². The molecule has 1 amide bonds. The number of aromatic nitrogens is 2. The van der Waals surface area contributed by atoms with Crippen molar-refractivity contribution < 1.29 is 4.79 Å². The Labute approximate surface area is 110 Å². The van der Waals surface area contributed by atoms with Gasteiger partial charge in [0.05, 0.1) is 18.3 Å². The number of amides is 1. The number of carbonyl (C=O) groups excluding carboxylic acids is 1. The Balaban J connectivity index is 2.14. The SMILES string of the molecule is C=CCN(Cc1cccs1)C(=O)c1cnn(C)c1. The molecule has 0 saturated carbocycles. The first-order valence-corrected chi connectivity index (χ1v) is 6.50. The minimum absolute atomic E-state index is 0.0172. The third kappa shape index (κ3) is 2.87. The minimum Gasteiger partial charge on any atom is -0.330 e. The van der Waals surface area contributed by atoms with Crippen LogP contribution in [0.5, 0.6) is 0 Å². The number of hydrogen-bond donors (Lipinski definition) is 0. The van der Waals surface area contributed by atoms with E-state index in [9.17, 15) is 4.79 Å². The zero-order valence-corrected chi connectivity index (χ0v) is 11.1. The van der Waals surface area contributed by atoms with E-state index in [0.29, 0.717) is 18.7 Å². The first-order valence-electron chi connectivity index (χ1n) is 5.62. The maximum atomic E-state index is 12.3. The van der Waals surface area contributed by atoms with Crippen molar-refractivity contribution in [3.8, 4) is 0 Å². The second kappa shape index (κ2) is 5.64. The molecule has 0 aliphatic heterocycles. The van der Waals surface area contributed by atoms with Crippen LogP contribution in [0.1, 0.15) is 15.2 Å². The summed E-state index contributed by atoms with van der Waals surface area (Å²) in [6, 6.07) is 4.01. The van der Waals surface area contributed by atoms with Gasteiger partial charge in [-0.3, -0.25) is 9.48 Å². The Bertz CT molecular complexity index is 530. The number of rotatable bonds is 5. The van der Waals surface area contributed by atoms with Crippen molar-refractivity contribution in [2.45, 2.75) is 6.54 Å². The van der Waals surface area contributed by atoms with E-state index in [0.717, 1.165) is 4.88 Å². The number of nitrogens with zero attached hydrogens (tertiary/aromatic N) is 3. The van der Waals surface area contributed by atoms with Crippen LogP contribution in [0.15, 0.2) is 42.6 Å². The molecular weight excluding hydrogens is 246 g/mol. The predicted molar refractivity (Wildman–Crippen MR) is 72.5 cm³/mol. The molecule has 94 valence electrons. The summed E-state index contributed by atoms with van der Waals surface area (Å²) in [6.45, 7) is 4.84. The maximum absolute atomic E-state index is 12.3. The van der Waals surface area contributed by atoms with Crippen LogP contribution < -0.4 is 0 Å². The zero-order valence-electron chi connectivity index (χ0n) is 10.2. The van der Waals surface area contributed by atoms with Gasteiger partial charge in [0.1, 0.15) is 0 Å². The molecule has 4 nitrogen and oxygen atoms in total. The average molecular weight is 261 g/mol. The normalized spacial score (nSPS) is 10.3. The molecule has 0 radical (unpaired) electrons. The van der Waals surface area contributed by atoms with E-state index in [-0.39, 0.29) is 5.91 Å². The molecule has 2 aromatic heterocycles. The topological polar surface area (TPSA) is 38.1 Å². The lowest BCUT2D eigenvalue weighted by Crippen LogP contribution is -2.30. The summed E-state index contributed by atoms with van der Waals surface area (Å²) in [7, 11) is 1.80. The smallest absolute Gasteiger partial charge is 0.257 e. The summed E-state index contributed by atoms with van der Waals surface area (Å²) in [4.78, 5) is 15.2. The van der Waals surface area contributed by atoms with Crippen LogP contribution in [0.25, 0.3) is 0 Å². The van der Waals surface area contributed by atoms with Crippen LogP contribution in [-0.2, 0) is 13.6 Å². The number of hydrogen-bond acceptors (Lipinski definition) is 3. The van der Waals surface area contributed by atoms with Crippen LogP contribution in [-0.4, -0.2) is 27.1 Å².